The van der Waals surface area contributed by atoms with Crippen LogP contribution in [0.5, 0.6) is 0 Å². The number of benzene rings is 1. The molecule has 0 spiro atoms. The van der Waals surface area contributed by atoms with Crippen LogP contribution in [-0.2, 0) is 11.2 Å². The molecule has 112 valence electrons. The molecule has 0 bridgehead atoms. The summed E-state index contributed by atoms with van der Waals surface area (Å²) < 4.78 is 5.45. The van der Waals surface area contributed by atoms with Crippen molar-refractivity contribution in [3.8, 4) is 0 Å². The lowest BCUT2D eigenvalue weighted by atomic mass is 9.85. The van der Waals surface area contributed by atoms with Crippen molar-refractivity contribution in [3.63, 3.8) is 0 Å². The van der Waals surface area contributed by atoms with Gasteiger partial charge in [0.2, 0.25) is 5.89 Å². The molecule has 1 aromatic heterocycles. The van der Waals surface area contributed by atoms with Gasteiger partial charge in [-0.3, -0.25) is 0 Å². The zero-order valence-corrected chi connectivity index (χ0v) is 13.5. The van der Waals surface area contributed by atoms with Gasteiger partial charge in [0, 0.05) is 16.0 Å². The largest absolute Gasteiger partial charge is 0.339 e. The molecule has 2 unspecified atom stereocenters. The Morgan fingerprint density at radius 2 is 2.38 bits per heavy atom. The smallest absolute Gasteiger partial charge is 0.234 e. The monoisotopic (exact) mass is 323 g/mol. The SMILES string of the molecule is CC1(c2nc(CSc3cccc(Cl)c3)no2)CCCC1N. The summed E-state index contributed by atoms with van der Waals surface area (Å²) >= 11 is 7.62. The van der Waals surface area contributed by atoms with Crippen molar-refractivity contribution in [2.45, 2.75) is 48.3 Å². The molecule has 0 saturated heterocycles. The van der Waals surface area contributed by atoms with E-state index >= 15 is 0 Å². The third-order valence-corrected chi connectivity index (χ3v) is 5.38. The molecule has 1 aromatic carbocycles. The van der Waals surface area contributed by atoms with Gasteiger partial charge in [-0.2, -0.15) is 4.98 Å². The number of thioether (sulfide) groups is 1. The Kier molecular flexibility index (Phi) is 4.24. The number of nitrogens with two attached hydrogens (primary N) is 1. The van der Waals surface area contributed by atoms with E-state index in [-0.39, 0.29) is 11.5 Å². The van der Waals surface area contributed by atoms with Crippen LogP contribution in [-0.4, -0.2) is 16.2 Å². The second-order valence-corrected chi connectivity index (χ2v) is 7.16. The molecule has 1 heterocycles. The molecule has 4 nitrogen and oxygen atoms in total. The highest BCUT2D eigenvalue weighted by Crippen LogP contribution is 2.39. The molecule has 2 N–H and O–H groups in total. The molecule has 21 heavy (non-hydrogen) atoms. The lowest BCUT2D eigenvalue weighted by Crippen LogP contribution is -2.38. The number of nitrogens with zero attached hydrogens (tertiary/aromatic N) is 2. The molecule has 1 aliphatic carbocycles. The van der Waals surface area contributed by atoms with Crippen molar-refractivity contribution < 1.29 is 4.52 Å². The maximum atomic E-state index is 6.19. The maximum absolute atomic E-state index is 6.19. The second-order valence-electron chi connectivity index (χ2n) is 5.68. The van der Waals surface area contributed by atoms with E-state index in [1.807, 2.05) is 24.3 Å². The summed E-state index contributed by atoms with van der Waals surface area (Å²) in [6.45, 7) is 2.12. The number of rotatable bonds is 4. The molecule has 0 amide bonds. The molecule has 2 aromatic rings. The normalized spacial score (nSPS) is 25.4. The maximum Gasteiger partial charge on any atom is 0.234 e. The molecule has 3 rings (SSSR count). The minimum Gasteiger partial charge on any atom is -0.339 e. The molecule has 0 radical (unpaired) electrons. The summed E-state index contributed by atoms with van der Waals surface area (Å²) in [7, 11) is 0. The van der Waals surface area contributed by atoms with Gasteiger partial charge in [-0.1, -0.05) is 29.2 Å². The van der Waals surface area contributed by atoms with Crippen LogP contribution in [0.15, 0.2) is 33.7 Å². The fraction of sp³-hybridized carbons (Fsp3) is 0.467. The predicted molar refractivity (Wildman–Crippen MR) is 84.5 cm³/mol. The van der Waals surface area contributed by atoms with E-state index in [1.54, 1.807) is 11.8 Å². The molecule has 1 fully saturated rings. The third kappa shape index (κ3) is 3.10. The van der Waals surface area contributed by atoms with Crippen LogP contribution >= 0.6 is 23.4 Å². The molecular formula is C15H18ClN3OS. The van der Waals surface area contributed by atoms with Crippen molar-refractivity contribution in [2.24, 2.45) is 5.73 Å². The zero-order chi connectivity index (χ0) is 14.9. The number of hydrogen-bond acceptors (Lipinski definition) is 5. The van der Waals surface area contributed by atoms with E-state index in [2.05, 4.69) is 17.1 Å². The van der Waals surface area contributed by atoms with Crippen LogP contribution in [0.1, 0.15) is 37.9 Å². The average molecular weight is 324 g/mol. The first-order chi connectivity index (χ1) is 10.1. The van der Waals surface area contributed by atoms with E-state index in [9.17, 15) is 0 Å². The third-order valence-electron chi connectivity index (χ3n) is 4.15. The highest BCUT2D eigenvalue weighted by molar-refractivity contribution is 7.98. The van der Waals surface area contributed by atoms with E-state index in [0.717, 1.165) is 29.2 Å². The minimum atomic E-state index is -0.175. The Morgan fingerprint density at radius 1 is 1.52 bits per heavy atom. The minimum absolute atomic E-state index is 0.103. The summed E-state index contributed by atoms with van der Waals surface area (Å²) in [6, 6.07) is 7.85. The summed E-state index contributed by atoms with van der Waals surface area (Å²) in [6.07, 6.45) is 3.15. The molecule has 1 saturated carbocycles. The van der Waals surface area contributed by atoms with Gasteiger partial charge in [0.25, 0.3) is 0 Å². The lowest BCUT2D eigenvalue weighted by molar-refractivity contribution is 0.277. The molecular weight excluding hydrogens is 306 g/mol. The Hall–Kier alpha value is -1.04. The summed E-state index contributed by atoms with van der Waals surface area (Å²) in [5.74, 6) is 2.04. The van der Waals surface area contributed by atoms with Gasteiger partial charge in [-0.05, 0) is 38.0 Å². The van der Waals surface area contributed by atoms with Crippen LogP contribution in [0, 0.1) is 0 Å². The molecule has 6 heteroatoms. The second kappa shape index (κ2) is 5.99. The topological polar surface area (TPSA) is 64.9 Å². The predicted octanol–water partition coefficient (Wildman–Crippen LogP) is 3.78. The quantitative estimate of drug-likeness (QED) is 0.867. The van der Waals surface area contributed by atoms with Crippen LogP contribution in [0.4, 0.5) is 0 Å². The molecule has 1 aliphatic rings. The first-order valence-corrected chi connectivity index (χ1v) is 8.41. The van der Waals surface area contributed by atoms with Gasteiger partial charge in [-0.25, -0.2) is 0 Å². The first-order valence-electron chi connectivity index (χ1n) is 7.05. The van der Waals surface area contributed by atoms with Gasteiger partial charge in [0.15, 0.2) is 5.82 Å². The van der Waals surface area contributed by atoms with E-state index in [4.69, 9.17) is 21.9 Å². The molecule has 0 aliphatic heterocycles. The standard InChI is InChI=1S/C15H18ClN3OS/c1-15(7-3-6-12(15)17)14-18-13(19-20-14)9-21-11-5-2-4-10(16)8-11/h2,4-5,8,12H,3,6-7,9,17H2,1H3. The number of aromatic nitrogens is 2. The lowest BCUT2D eigenvalue weighted by Gasteiger charge is -2.23. The zero-order valence-electron chi connectivity index (χ0n) is 11.9. The number of hydrogen-bond donors (Lipinski definition) is 1. The van der Waals surface area contributed by atoms with Crippen molar-refractivity contribution in [1.82, 2.24) is 10.1 Å². The van der Waals surface area contributed by atoms with Crippen molar-refractivity contribution in [2.75, 3.05) is 0 Å². The Bertz CT molecular complexity index is 633. The van der Waals surface area contributed by atoms with Crippen LogP contribution in [0.25, 0.3) is 0 Å². The van der Waals surface area contributed by atoms with Crippen molar-refractivity contribution in [3.05, 3.63) is 41.0 Å². The van der Waals surface area contributed by atoms with Crippen LogP contribution in [0.3, 0.4) is 0 Å². The highest BCUT2D eigenvalue weighted by atomic mass is 35.5. The summed E-state index contributed by atoms with van der Waals surface area (Å²) in [4.78, 5) is 5.64. The average Bonchev–Trinajstić information content (AvgIpc) is 3.06. The van der Waals surface area contributed by atoms with Gasteiger partial charge < -0.3 is 10.3 Å². The fourth-order valence-corrected chi connectivity index (χ4v) is 3.76. The Morgan fingerprint density at radius 3 is 3.10 bits per heavy atom. The summed E-state index contributed by atoms with van der Waals surface area (Å²) in [5, 5.41) is 4.82. The van der Waals surface area contributed by atoms with Gasteiger partial charge in [0.05, 0.1) is 11.2 Å². The van der Waals surface area contributed by atoms with E-state index in [1.165, 1.54) is 0 Å². The van der Waals surface area contributed by atoms with Gasteiger partial charge in [0.1, 0.15) is 0 Å². The van der Waals surface area contributed by atoms with Crippen LogP contribution in [0.2, 0.25) is 5.02 Å². The van der Waals surface area contributed by atoms with Crippen molar-refractivity contribution in [1.29, 1.82) is 0 Å². The Labute approximate surface area is 133 Å². The number of halogens is 1. The van der Waals surface area contributed by atoms with E-state index in [0.29, 0.717) is 17.5 Å². The fourth-order valence-electron chi connectivity index (χ4n) is 2.71. The summed E-state index contributed by atoms with van der Waals surface area (Å²) in [5.41, 5.74) is 6.01. The molecule has 2 atom stereocenters. The highest BCUT2D eigenvalue weighted by Gasteiger charge is 2.42. The first kappa shape index (κ1) is 14.9. The van der Waals surface area contributed by atoms with Gasteiger partial charge in [-0.15, -0.1) is 11.8 Å². The van der Waals surface area contributed by atoms with Crippen LogP contribution < -0.4 is 5.73 Å². The van der Waals surface area contributed by atoms with Gasteiger partial charge >= 0.3 is 0 Å². The van der Waals surface area contributed by atoms with E-state index < -0.39 is 0 Å². The van der Waals surface area contributed by atoms with Crippen molar-refractivity contribution >= 4 is 23.4 Å². The Balaban J connectivity index is 1.68.